The summed E-state index contributed by atoms with van der Waals surface area (Å²) in [5, 5.41) is 12.1. The molecule has 2 aliphatic rings. The van der Waals surface area contributed by atoms with Crippen LogP contribution in [0, 0.1) is 5.41 Å². The van der Waals surface area contributed by atoms with Crippen LogP contribution in [0.4, 0.5) is 6.01 Å². The zero-order valence-electron chi connectivity index (χ0n) is 15.2. The Labute approximate surface area is 156 Å². The summed E-state index contributed by atoms with van der Waals surface area (Å²) in [5.74, 6) is 0.478. The molecule has 27 heavy (non-hydrogen) atoms. The van der Waals surface area contributed by atoms with E-state index in [1.165, 1.54) is 12.8 Å². The summed E-state index contributed by atoms with van der Waals surface area (Å²) in [5.41, 5.74) is 2.12. The molecule has 8 nitrogen and oxygen atoms in total. The number of aromatic amines is 1. The quantitative estimate of drug-likeness (QED) is 0.736. The third-order valence-corrected chi connectivity index (χ3v) is 5.91. The number of H-pyrrole nitrogens is 1. The van der Waals surface area contributed by atoms with Gasteiger partial charge in [0.25, 0.3) is 5.89 Å². The summed E-state index contributed by atoms with van der Waals surface area (Å²) in [4.78, 5) is 22.0. The fourth-order valence-corrected chi connectivity index (χ4v) is 3.92. The highest BCUT2D eigenvalue weighted by atomic mass is 16.4. The minimum absolute atomic E-state index is 0.0848. The van der Waals surface area contributed by atoms with E-state index in [4.69, 9.17) is 4.42 Å². The van der Waals surface area contributed by atoms with Crippen molar-refractivity contribution >= 4 is 23.0 Å². The lowest BCUT2D eigenvalue weighted by Crippen LogP contribution is -2.45. The lowest BCUT2D eigenvalue weighted by molar-refractivity contribution is -0.133. The van der Waals surface area contributed by atoms with Gasteiger partial charge in [0.1, 0.15) is 11.7 Å². The lowest BCUT2D eigenvalue weighted by Gasteiger charge is -2.33. The van der Waals surface area contributed by atoms with E-state index in [1.807, 2.05) is 24.0 Å². The molecule has 3 aromatic rings. The number of carbonyl (C=O) groups excluding carboxylic acids is 1. The van der Waals surface area contributed by atoms with Crippen LogP contribution in [-0.4, -0.2) is 50.1 Å². The second-order valence-electron chi connectivity index (χ2n) is 7.71. The maximum absolute atomic E-state index is 12.7. The number of rotatable bonds is 4. The number of pyridine rings is 1. The Morgan fingerprint density at radius 1 is 1.30 bits per heavy atom. The Kier molecular flexibility index (Phi) is 3.66. The average Bonchev–Trinajstić information content (AvgIpc) is 3.09. The van der Waals surface area contributed by atoms with Crippen LogP contribution in [0.2, 0.25) is 0 Å². The number of aromatic nitrogens is 4. The van der Waals surface area contributed by atoms with E-state index < -0.39 is 6.04 Å². The van der Waals surface area contributed by atoms with Gasteiger partial charge in [-0.2, -0.15) is 0 Å². The van der Waals surface area contributed by atoms with Crippen LogP contribution in [0.1, 0.15) is 32.6 Å². The first-order valence-electron chi connectivity index (χ1n) is 9.45. The first-order chi connectivity index (χ1) is 13.1. The van der Waals surface area contributed by atoms with Crippen LogP contribution >= 0.6 is 0 Å². The van der Waals surface area contributed by atoms with Crippen molar-refractivity contribution in [3.8, 4) is 11.5 Å². The van der Waals surface area contributed by atoms with Crippen molar-refractivity contribution in [1.82, 2.24) is 25.1 Å². The Bertz CT molecular complexity index is 979. The van der Waals surface area contributed by atoms with E-state index in [-0.39, 0.29) is 11.9 Å². The Morgan fingerprint density at radius 2 is 2.11 bits per heavy atom. The predicted molar refractivity (Wildman–Crippen MR) is 100.0 cm³/mol. The lowest BCUT2D eigenvalue weighted by atomic mass is 9.93. The van der Waals surface area contributed by atoms with Gasteiger partial charge >= 0.3 is 6.01 Å². The molecule has 1 saturated carbocycles. The summed E-state index contributed by atoms with van der Waals surface area (Å²) in [6.07, 6.45) is 8.44. The molecule has 5 rings (SSSR count). The van der Waals surface area contributed by atoms with Crippen molar-refractivity contribution in [2.75, 3.05) is 18.4 Å². The van der Waals surface area contributed by atoms with E-state index in [0.29, 0.717) is 11.3 Å². The molecule has 140 valence electrons. The molecule has 1 spiro atoms. The van der Waals surface area contributed by atoms with Gasteiger partial charge in [0.05, 0.1) is 5.56 Å². The van der Waals surface area contributed by atoms with Crippen LogP contribution in [0.5, 0.6) is 0 Å². The number of piperidine rings is 1. The normalized spacial score (nSPS) is 19.4. The molecule has 1 saturated heterocycles. The first kappa shape index (κ1) is 16.3. The van der Waals surface area contributed by atoms with Gasteiger partial charge in [-0.25, -0.2) is 4.98 Å². The van der Waals surface area contributed by atoms with E-state index in [2.05, 4.69) is 25.5 Å². The second-order valence-corrected chi connectivity index (χ2v) is 7.71. The van der Waals surface area contributed by atoms with Gasteiger partial charge in [0.2, 0.25) is 5.91 Å². The van der Waals surface area contributed by atoms with Crippen LogP contribution < -0.4 is 5.32 Å². The van der Waals surface area contributed by atoms with Crippen molar-refractivity contribution in [3.63, 3.8) is 0 Å². The summed E-state index contributed by atoms with van der Waals surface area (Å²) in [7, 11) is 0. The van der Waals surface area contributed by atoms with Crippen molar-refractivity contribution in [1.29, 1.82) is 0 Å². The molecule has 8 heteroatoms. The highest BCUT2D eigenvalue weighted by Crippen LogP contribution is 2.53. The largest absolute Gasteiger partial charge is 0.403 e. The molecule has 4 heterocycles. The summed E-state index contributed by atoms with van der Waals surface area (Å²) < 4.78 is 5.74. The molecule has 0 radical (unpaired) electrons. The molecule has 1 aliphatic carbocycles. The number of nitrogens with one attached hydrogen (secondary N) is 2. The average molecular weight is 366 g/mol. The minimum Gasteiger partial charge on any atom is -0.403 e. The highest BCUT2D eigenvalue weighted by molar-refractivity contribution is 5.91. The molecule has 1 atom stereocenters. The molecule has 0 aromatic carbocycles. The molecular weight excluding hydrogens is 344 g/mol. The Morgan fingerprint density at radius 3 is 2.89 bits per heavy atom. The van der Waals surface area contributed by atoms with Crippen molar-refractivity contribution in [2.24, 2.45) is 5.41 Å². The van der Waals surface area contributed by atoms with E-state index in [1.54, 1.807) is 12.4 Å². The molecule has 2 N–H and O–H groups in total. The van der Waals surface area contributed by atoms with Gasteiger partial charge in [-0.05, 0) is 50.2 Å². The zero-order chi connectivity index (χ0) is 18.4. The van der Waals surface area contributed by atoms with Gasteiger partial charge in [-0.15, -0.1) is 5.10 Å². The molecule has 0 bridgehead atoms. The second kappa shape index (κ2) is 6.07. The zero-order valence-corrected chi connectivity index (χ0v) is 15.2. The smallest absolute Gasteiger partial charge is 0.316 e. The van der Waals surface area contributed by atoms with Crippen LogP contribution in [0.25, 0.3) is 22.5 Å². The maximum Gasteiger partial charge on any atom is 0.316 e. The number of hydrogen-bond donors (Lipinski definition) is 2. The van der Waals surface area contributed by atoms with Gasteiger partial charge in [-0.3, -0.25) is 4.79 Å². The summed E-state index contributed by atoms with van der Waals surface area (Å²) in [6, 6.07) is 3.65. The SMILES string of the molecule is C[C@@H](Nc1nnc(-c2c[nH]c3ncccc23)o1)C(=O)N1CCC2(CC1)CC2. The Hall–Kier alpha value is -2.90. The van der Waals surface area contributed by atoms with E-state index in [0.717, 1.165) is 42.5 Å². The third-order valence-electron chi connectivity index (χ3n) is 5.91. The number of nitrogens with zero attached hydrogens (tertiary/aromatic N) is 4. The highest BCUT2D eigenvalue weighted by Gasteiger charge is 2.45. The fraction of sp³-hybridized carbons (Fsp3) is 0.474. The molecule has 2 fully saturated rings. The summed E-state index contributed by atoms with van der Waals surface area (Å²) in [6.45, 7) is 3.54. The first-order valence-corrected chi connectivity index (χ1v) is 9.45. The van der Waals surface area contributed by atoms with Gasteiger partial charge in [0.15, 0.2) is 0 Å². The number of hydrogen-bond acceptors (Lipinski definition) is 6. The monoisotopic (exact) mass is 366 g/mol. The fourth-order valence-electron chi connectivity index (χ4n) is 3.92. The van der Waals surface area contributed by atoms with Crippen LogP contribution in [-0.2, 0) is 4.79 Å². The Balaban J connectivity index is 1.27. The van der Waals surface area contributed by atoms with Crippen molar-refractivity contribution < 1.29 is 9.21 Å². The van der Waals surface area contributed by atoms with Crippen LogP contribution in [0.15, 0.2) is 28.9 Å². The minimum atomic E-state index is -0.406. The van der Waals surface area contributed by atoms with Crippen molar-refractivity contribution in [2.45, 2.75) is 38.6 Å². The van der Waals surface area contributed by atoms with E-state index >= 15 is 0 Å². The molecule has 1 aliphatic heterocycles. The predicted octanol–water partition coefficient (Wildman–Crippen LogP) is 2.82. The number of carbonyl (C=O) groups is 1. The number of anilines is 1. The van der Waals surface area contributed by atoms with Gasteiger partial charge in [0, 0.05) is 30.9 Å². The number of fused-ring (bicyclic) bond motifs is 1. The van der Waals surface area contributed by atoms with E-state index in [9.17, 15) is 4.79 Å². The van der Waals surface area contributed by atoms with Crippen molar-refractivity contribution in [3.05, 3.63) is 24.5 Å². The van der Waals surface area contributed by atoms with Gasteiger partial charge < -0.3 is 19.6 Å². The molecule has 1 amide bonds. The molecule has 3 aromatic heterocycles. The maximum atomic E-state index is 12.7. The number of amides is 1. The number of likely N-dealkylation sites (tertiary alicyclic amines) is 1. The summed E-state index contributed by atoms with van der Waals surface area (Å²) >= 11 is 0. The molecule has 0 unspecified atom stereocenters. The topological polar surface area (TPSA) is 99.9 Å². The third kappa shape index (κ3) is 2.94. The molecular formula is C19H22N6O2. The van der Waals surface area contributed by atoms with Gasteiger partial charge in [-0.1, -0.05) is 5.10 Å². The van der Waals surface area contributed by atoms with Crippen LogP contribution in [0.3, 0.4) is 0 Å². The standard InChI is InChI=1S/C19H22N6O2/c1-12(17(26)25-9-6-19(4-5-19)7-10-25)22-18-24-23-16(27-18)14-11-21-15-13(14)3-2-8-20-15/h2-3,8,11-12H,4-7,9-10H2,1H3,(H,20,21)(H,22,24)/t12-/m1/s1.